The summed E-state index contributed by atoms with van der Waals surface area (Å²) >= 11 is 0. The fraction of sp³-hybridized carbons (Fsp3) is 0.526. The Morgan fingerprint density at radius 3 is 2.85 bits per heavy atom. The minimum Gasteiger partial charge on any atom is -0.364 e. The minimum atomic E-state index is -0.0561. The van der Waals surface area contributed by atoms with Crippen LogP contribution in [0.5, 0.6) is 0 Å². The molecule has 138 valence electrons. The first-order chi connectivity index (χ1) is 12.5. The molecular formula is C19H25N5O2. The fourth-order valence-electron chi connectivity index (χ4n) is 4.03. The lowest BCUT2D eigenvalue weighted by Crippen LogP contribution is -2.44. The number of nitrogens with one attached hydrogen (secondary N) is 2. The molecule has 0 aromatic carbocycles. The van der Waals surface area contributed by atoms with Crippen molar-refractivity contribution >= 4 is 11.8 Å². The van der Waals surface area contributed by atoms with Crippen LogP contribution in [0.3, 0.4) is 0 Å². The highest BCUT2D eigenvalue weighted by atomic mass is 16.2. The van der Waals surface area contributed by atoms with Crippen molar-refractivity contribution in [3.8, 4) is 0 Å². The second kappa shape index (κ2) is 6.63. The van der Waals surface area contributed by atoms with Gasteiger partial charge in [0.2, 0.25) is 5.91 Å². The van der Waals surface area contributed by atoms with E-state index in [4.69, 9.17) is 0 Å². The van der Waals surface area contributed by atoms with Gasteiger partial charge in [0.1, 0.15) is 0 Å². The van der Waals surface area contributed by atoms with E-state index in [1.165, 1.54) is 0 Å². The van der Waals surface area contributed by atoms with Crippen LogP contribution in [0, 0.1) is 5.92 Å². The van der Waals surface area contributed by atoms with Gasteiger partial charge in [-0.15, -0.1) is 0 Å². The van der Waals surface area contributed by atoms with Crippen molar-refractivity contribution in [2.45, 2.75) is 37.6 Å². The van der Waals surface area contributed by atoms with E-state index in [0.717, 1.165) is 36.1 Å². The zero-order valence-electron chi connectivity index (χ0n) is 15.2. The predicted octanol–water partition coefficient (Wildman–Crippen LogP) is 1.97. The van der Waals surface area contributed by atoms with Crippen LogP contribution in [0.15, 0.2) is 24.7 Å². The molecule has 2 aromatic rings. The summed E-state index contributed by atoms with van der Waals surface area (Å²) in [5.41, 5.74) is 2.83. The molecule has 26 heavy (non-hydrogen) atoms. The Balaban J connectivity index is 1.47. The highest BCUT2D eigenvalue weighted by Crippen LogP contribution is 2.41. The Hall–Kier alpha value is -2.57. The highest BCUT2D eigenvalue weighted by Gasteiger charge is 2.36. The summed E-state index contributed by atoms with van der Waals surface area (Å²) < 4.78 is 1.75. The lowest BCUT2D eigenvalue weighted by molar-refractivity contribution is -0.136. The number of hydrogen-bond acceptors (Lipinski definition) is 3. The largest absolute Gasteiger partial charge is 0.364 e. The van der Waals surface area contributed by atoms with Gasteiger partial charge in [-0.25, -0.2) is 0 Å². The number of H-pyrrole nitrogens is 1. The molecule has 2 amide bonds. The number of likely N-dealkylation sites (tertiary alicyclic amines) is 1. The molecule has 2 N–H and O–H groups in total. The van der Waals surface area contributed by atoms with E-state index < -0.39 is 0 Å². The fourth-order valence-corrected chi connectivity index (χ4v) is 4.03. The first-order valence-corrected chi connectivity index (χ1v) is 9.24. The van der Waals surface area contributed by atoms with Crippen LogP contribution in [0.1, 0.15) is 59.3 Å². The molecule has 7 nitrogen and oxygen atoms in total. The number of rotatable bonds is 5. The number of piperidine rings is 1. The molecule has 4 rings (SSSR count). The molecule has 1 aliphatic carbocycles. The molecule has 2 atom stereocenters. The zero-order valence-corrected chi connectivity index (χ0v) is 15.2. The molecule has 0 bridgehead atoms. The SMILES string of the molecule is CN1C(=O)CC[C@H](CNC(=O)c2cc[nH]c2C2CC2)[C@H]1c1cnn(C)c1. The normalized spacial score (nSPS) is 23.3. The molecule has 2 aliphatic rings. The summed E-state index contributed by atoms with van der Waals surface area (Å²) in [5, 5.41) is 7.34. The lowest BCUT2D eigenvalue weighted by Gasteiger charge is -2.38. The van der Waals surface area contributed by atoms with Gasteiger partial charge in [0.25, 0.3) is 5.91 Å². The number of amides is 2. The van der Waals surface area contributed by atoms with Crippen LogP contribution in [-0.2, 0) is 11.8 Å². The van der Waals surface area contributed by atoms with E-state index in [9.17, 15) is 9.59 Å². The maximum atomic E-state index is 12.7. The molecule has 1 saturated carbocycles. The standard InChI is InChI=1S/C19H25N5O2/c1-23-11-14(10-22-23)18-13(5-6-16(25)24(18)2)9-21-19(26)15-7-8-20-17(15)12-3-4-12/h7-8,10-13,18,20H,3-6,9H2,1-2H3,(H,21,26)/t13-,18+/m1/s1. The predicted molar refractivity (Wildman–Crippen MR) is 96.5 cm³/mol. The third-order valence-electron chi connectivity index (χ3n) is 5.59. The number of nitrogens with zero attached hydrogens (tertiary/aromatic N) is 3. The second-order valence-electron chi connectivity index (χ2n) is 7.48. The number of aromatic amines is 1. The third-order valence-corrected chi connectivity index (χ3v) is 5.59. The maximum absolute atomic E-state index is 12.7. The van der Waals surface area contributed by atoms with Crippen molar-refractivity contribution in [2.24, 2.45) is 13.0 Å². The monoisotopic (exact) mass is 355 g/mol. The second-order valence-corrected chi connectivity index (χ2v) is 7.48. The molecular weight excluding hydrogens is 330 g/mol. The van der Waals surface area contributed by atoms with Gasteiger partial charge < -0.3 is 15.2 Å². The van der Waals surface area contributed by atoms with Crippen LogP contribution in [0.25, 0.3) is 0 Å². The molecule has 7 heteroatoms. The van der Waals surface area contributed by atoms with Crippen molar-refractivity contribution in [1.29, 1.82) is 0 Å². The van der Waals surface area contributed by atoms with Crippen LogP contribution < -0.4 is 5.32 Å². The van der Waals surface area contributed by atoms with Gasteiger partial charge in [-0.1, -0.05) is 0 Å². The zero-order chi connectivity index (χ0) is 18.3. The van der Waals surface area contributed by atoms with Crippen molar-refractivity contribution in [1.82, 2.24) is 25.0 Å². The maximum Gasteiger partial charge on any atom is 0.253 e. The Labute approximate surface area is 152 Å². The summed E-state index contributed by atoms with van der Waals surface area (Å²) in [6, 6.07) is 1.80. The molecule has 0 unspecified atom stereocenters. The highest BCUT2D eigenvalue weighted by molar-refractivity contribution is 5.95. The van der Waals surface area contributed by atoms with E-state index in [1.807, 2.05) is 38.8 Å². The van der Waals surface area contributed by atoms with Gasteiger partial charge in [0, 0.05) is 56.6 Å². The quantitative estimate of drug-likeness (QED) is 0.860. The summed E-state index contributed by atoms with van der Waals surface area (Å²) in [6.45, 7) is 0.547. The van der Waals surface area contributed by atoms with Crippen LogP contribution in [0.2, 0.25) is 0 Å². The molecule has 1 saturated heterocycles. The number of aromatic nitrogens is 3. The van der Waals surface area contributed by atoms with Crippen LogP contribution in [-0.4, -0.2) is 45.1 Å². The van der Waals surface area contributed by atoms with Crippen molar-refractivity contribution in [3.05, 3.63) is 41.5 Å². The first kappa shape index (κ1) is 16.9. The molecule has 0 radical (unpaired) electrons. The Morgan fingerprint density at radius 1 is 1.35 bits per heavy atom. The van der Waals surface area contributed by atoms with Gasteiger partial charge in [0.15, 0.2) is 0 Å². The van der Waals surface area contributed by atoms with Gasteiger partial charge in [-0.2, -0.15) is 5.10 Å². The van der Waals surface area contributed by atoms with Gasteiger partial charge in [0.05, 0.1) is 17.8 Å². The number of carbonyl (C=O) groups is 2. The molecule has 3 heterocycles. The lowest BCUT2D eigenvalue weighted by atomic mass is 9.85. The average molecular weight is 355 g/mol. The van der Waals surface area contributed by atoms with E-state index >= 15 is 0 Å². The Kier molecular flexibility index (Phi) is 4.30. The molecule has 2 fully saturated rings. The van der Waals surface area contributed by atoms with Gasteiger partial charge in [-0.3, -0.25) is 14.3 Å². The molecule has 0 spiro atoms. The average Bonchev–Trinajstić information content (AvgIpc) is 3.19. The number of aryl methyl sites for hydroxylation is 1. The van der Waals surface area contributed by atoms with E-state index in [-0.39, 0.29) is 23.8 Å². The minimum absolute atomic E-state index is 0.0300. The summed E-state index contributed by atoms with van der Waals surface area (Å²) in [5.74, 6) is 0.794. The van der Waals surface area contributed by atoms with Gasteiger partial charge >= 0.3 is 0 Å². The van der Waals surface area contributed by atoms with Crippen LogP contribution in [0.4, 0.5) is 0 Å². The molecule has 2 aromatic heterocycles. The number of hydrogen-bond donors (Lipinski definition) is 2. The first-order valence-electron chi connectivity index (χ1n) is 9.24. The van der Waals surface area contributed by atoms with Crippen LogP contribution >= 0.6 is 0 Å². The summed E-state index contributed by atoms with van der Waals surface area (Å²) in [4.78, 5) is 29.9. The Bertz CT molecular complexity index is 820. The van der Waals surface area contributed by atoms with E-state index in [1.54, 1.807) is 9.58 Å². The summed E-state index contributed by atoms with van der Waals surface area (Å²) in [6.07, 6.45) is 9.20. The Morgan fingerprint density at radius 2 is 2.15 bits per heavy atom. The molecule has 1 aliphatic heterocycles. The van der Waals surface area contributed by atoms with Gasteiger partial charge in [-0.05, 0) is 31.2 Å². The van der Waals surface area contributed by atoms with Crippen molar-refractivity contribution in [3.63, 3.8) is 0 Å². The van der Waals surface area contributed by atoms with E-state index in [0.29, 0.717) is 18.9 Å². The third kappa shape index (κ3) is 3.13. The topological polar surface area (TPSA) is 83.0 Å². The van der Waals surface area contributed by atoms with Crippen molar-refractivity contribution < 1.29 is 9.59 Å². The smallest absolute Gasteiger partial charge is 0.253 e. The number of carbonyl (C=O) groups excluding carboxylic acids is 2. The van der Waals surface area contributed by atoms with E-state index in [2.05, 4.69) is 15.4 Å². The summed E-state index contributed by atoms with van der Waals surface area (Å²) in [7, 11) is 3.71. The van der Waals surface area contributed by atoms with Crippen molar-refractivity contribution in [2.75, 3.05) is 13.6 Å².